The van der Waals surface area contributed by atoms with E-state index in [-0.39, 0.29) is 11.9 Å². The number of hydrogen-bond donors (Lipinski definition) is 0. The van der Waals surface area contributed by atoms with Gasteiger partial charge in [-0.2, -0.15) is 0 Å². The molecular formula is C20H22O4S4. The van der Waals surface area contributed by atoms with Crippen LogP contribution in [0.5, 0.6) is 0 Å². The Morgan fingerprint density at radius 2 is 1.39 bits per heavy atom. The minimum Gasteiger partial charge on any atom is -0.461 e. The summed E-state index contributed by atoms with van der Waals surface area (Å²) in [4.78, 5) is 22.5. The van der Waals surface area contributed by atoms with Gasteiger partial charge in [-0.1, -0.05) is 37.4 Å². The minimum absolute atomic E-state index is 0.307. The maximum Gasteiger partial charge on any atom is 0.330 e. The van der Waals surface area contributed by atoms with Gasteiger partial charge >= 0.3 is 11.9 Å². The molecule has 2 heterocycles. The Kier molecular flexibility index (Phi) is 8.32. The van der Waals surface area contributed by atoms with Crippen molar-refractivity contribution >= 4 is 59.0 Å². The van der Waals surface area contributed by atoms with Crippen LogP contribution in [0.4, 0.5) is 0 Å². The van der Waals surface area contributed by atoms with E-state index in [2.05, 4.69) is 37.4 Å². The molecule has 2 saturated heterocycles. The Balaban J connectivity index is 1.53. The van der Waals surface area contributed by atoms with Gasteiger partial charge in [0.25, 0.3) is 0 Å². The van der Waals surface area contributed by atoms with Gasteiger partial charge in [-0.25, -0.2) is 9.59 Å². The summed E-state index contributed by atoms with van der Waals surface area (Å²) in [5.41, 5.74) is 2.60. The molecule has 2 aliphatic rings. The summed E-state index contributed by atoms with van der Waals surface area (Å²) in [6.07, 6.45) is 2.41. The fraction of sp³-hybridized carbons (Fsp3) is 0.400. The Morgan fingerprint density at radius 1 is 0.929 bits per heavy atom. The van der Waals surface area contributed by atoms with Gasteiger partial charge in [-0.05, 0) is 11.1 Å². The number of carbonyl (C=O) groups excluding carboxylic acids is 2. The number of esters is 2. The first-order valence-corrected chi connectivity index (χ1v) is 12.8. The van der Waals surface area contributed by atoms with Gasteiger partial charge in [0.05, 0.1) is 9.16 Å². The summed E-state index contributed by atoms with van der Waals surface area (Å²) in [6, 6.07) is 8.73. The molecule has 0 amide bonds. The third-order valence-corrected chi connectivity index (χ3v) is 10.8. The van der Waals surface area contributed by atoms with Crippen molar-refractivity contribution in [2.75, 3.05) is 24.7 Å². The second kappa shape index (κ2) is 10.7. The fourth-order valence-corrected chi connectivity index (χ4v) is 9.13. The van der Waals surface area contributed by atoms with E-state index in [9.17, 15) is 9.59 Å². The van der Waals surface area contributed by atoms with Gasteiger partial charge in [0.2, 0.25) is 0 Å². The summed E-state index contributed by atoms with van der Waals surface area (Å²) in [6.45, 7) is 7.71. The smallest absolute Gasteiger partial charge is 0.330 e. The number of rotatable bonds is 8. The lowest BCUT2D eigenvalue weighted by molar-refractivity contribution is -0.138. The lowest BCUT2D eigenvalue weighted by Crippen LogP contribution is -2.14. The lowest BCUT2D eigenvalue weighted by atomic mass is 10.1. The molecule has 4 atom stereocenters. The molecule has 2 fully saturated rings. The van der Waals surface area contributed by atoms with Gasteiger partial charge in [-0.3, -0.25) is 0 Å². The Hall–Kier alpha value is -0.960. The zero-order valence-corrected chi connectivity index (χ0v) is 18.5. The SMILES string of the molecule is C=CC(=O)OCC1CSC(c2cccc(C3SCC(COC(=O)C=C)S3)c2)S1. The van der Waals surface area contributed by atoms with E-state index < -0.39 is 0 Å². The first kappa shape index (κ1) is 21.7. The third kappa shape index (κ3) is 6.02. The fourth-order valence-electron chi connectivity index (χ4n) is 2.74. The average Bonchev–Trinajstić information content (AvgIpc) is 3.40. The van der Waals surface area contributed by atoms with Crippen molar-refractivity contribution in [2.45, 2.75) is 19.7 Å². The van der Waals surface area contributed by atoms with Gasteiger partial charge in [0.15, 0.2) is 0 Å². The molecule has 8 heteroatoms. The van der Waals surface area contributed by atoms with Crippen LogP contribution in [0.3, 0.4) is 0 Å². The Labute approximate surface area is 182 Å². The van der Waals surface area contributed by atoms with Crippen LogP contribution in [0.15, 0.2) is 49.6 Å². The summed E-state index contributed by atoms with van der Waals surface area (Å²) in [5, 5.41) is 0.614. The quantitative estimate of drug-likeness (QED) is 0.409. The van der Waals surface area contributed by atoms with Crippen LogP contribution in [0.1, 0.15) is 20.3 Å². The molecule has 150 valence electrons. The van der Waals surface area contributed by atoms with Crippen LogP contribution in [0, 0.1) is 0 Å². The van der Waals surface area contributed by atoms with E-state index in [1.165, 1.54) is 23.3 Å². The molecule has 0 aromatic heterocycles. The second-order valence-electron chi connectivity index (χ2n) is 6.19. The highest BCUT2D eigenvalue weighted by atomic mass is 32.2. The highest BCUT2D eigenvalue weighted by molar-refractivity contribution is 8.20. The van der Waals surface area contributed by atoms with E-state index in [0.717, 1.165) is 11.5 Å². The number of benzene rings is 1. The topological polar surface area (TPSA) is 52.6 Å². The zero-order chi connectivity index (χ0) is 19.9. The number of ether oxygens (including phenoxy) is 2. The van der Waals surface area contributed by atoms with Crippen molar-refractivity contribution in [3.05, 3.63) is 60.7 Å². The molecule has 4 nitrogen and oxygen atoms in total. The number of thioether (sulfide) groups is 4. The van der Waals surface area contributed by atoms with Gasteiger partial charge in [0.1, 0.15) is 13.2 Å². The van der Waals surface area contributed by atoms with Crippen molar-refractivity contribution in [1.82, 2.24) is 0 Å². The minimum atomic E-state index is -0.361. The average molecular weight is 455 g/mol. The third-order valence-electron chi connectivity index (χ3n) is 4.11. The molecule has 0 aliphatic carbocycles. The molecule has 0 N–H and O–H groups in total. The molecule has 2 aliphatic heterocycles. The van der Waals surface area contributed by atoms with E-state index in [1.807, 2.05) is 47.0 Å². The Morgan fingerprint density at radius 3 is 1.82 bits per heavy atom. The molecule has 1 aromatic carbocycles. The molecular weight excluding hydrogens is 432 g/mol. The van der Waals surface area contributed by atoms with Crippen LogP contribution in [-0.2, 0) is 19.1 Å². The monoisotopic (exact) mass is 454 g/mol. The molecule has 3 rings (SSSR count). The van der Waals surface area contributed by atoms with Crippen molar-refractivity contribution < 1.29 is 19.1 Å². The first-order chi connectivity index (χ1) is 13.6. The summed E-state index contributed by atoms with van der Waals surface area (Å²) >= 11 is 7.49. The largest absolute Gasteiger partial charge is 0.461 e. The van der Waals surface area contributed by atoms with Crippen molar-refractivity contribution in [3.8, 4) is 0 Å². The highest BCUT2D eigenvalue weighted by Crippen LogP contribution is 2.52. The van der Waals surface area contributed by atoms with Gasteiger partial charge < -0.3 is 9.47 Å². The van der Waals surface area contributed by atoms with E-state index in [0.29, 0.717) is 32.9 Å². The first-order valence-electron chi connectivity index (χ1n) is 8.81. The predicted molar refractivity (Wildman–Crippen MR) is 122 cm³/mol. The molecule has 0 bridgehead atoms. The molecule has 0 spiro atoms. The van der Waals surface area contributed by atoms with Crippen molar-refractivity contribution in [3.63, 3.8) is 0 Å². The van der Waals surface area contributed by atoms with E-state index in [4.69, 9.17) is 9.47 Å². The van der Waals surface area contributed by atoms with Crippen LogP contribution < -0.4 is 0 Å². The lowest BCUT2D eigenvalue weighted by Gasteiger charge is -2.15. The van der Waals surface area contributed by atoms with Crippen LogP contribution in [0.25, 0.3) is 0 Å². The molecule has 0 saturated carbocycles. The van der Waals surface area contributed by atoms with Gasteiger partial charge in [0, 0.05) is 34.2 Å². The molecule has 1 aromatic rings. The van der Waals surface area contributed by atoms with Crippen LogP contribution >= 0.6 is 47.0 Å². The molecule has 4 unspecified atom stereocenters. The van der Waals surface area contributed by atoms with E-state index >= 15 is 0 Å². The second-order valence-corrected chi connectivity index (χ2v) is 11.9. The van der Waals surface area contributed by atoms with Crippen LogP contribution in [0.2, 0.25) is 0 Å². The highest BCUT2D eigenvalue weighted by Gasteiger charge is 2.31. The normalized spacial score (nSPS) is 26.6. The molecule has 28 heavy (non-hydrogen) atoms. The summed E-state index contributed by atoms with van der Waals surface area (Å²) in [5.74, 6) is 1.21. The summed E-state index contributed by atoms with van der Waals surface area (Å²) < 4.78 is 11.1. The maximum atomic E-state index is 11.2. The van der Waals surface area contributed by atoms with Crippen LogP contribution in [-0.4, -0.2) is 47.2 Å². The summed E-state index contributed by atoms with van der Waals surface area (Å²) in [7, 11) is 0. The number of carbonyl (C=O) groups is 2. The van der Waals surface area contributed by atoms with E-state index in [1.54, 1.807) is 0 Å². The van der Waals surface area contributed by atoms with Crippen molar-refractivity contribution in [2.24, 2.45) is 0 Å². The molecule has 0 radical (unpaired) electrons. The maximum absolute atomic E-state index is 11.2. The zero-order valence-electron chi connectivity index (χ0n) is 15.3. The predicted octanol–water partition coefficient (Wildman–Crippen LogP) is 4.84. The van der Waals surface area contributed by atoms with Gasteiger partial charge in [-0.15, -0.1) is 47.0 Å². The standard InChI is InChI=1S/C20H22O4S4/c1-3-17(21)23-9-15-11-25-19(27-15)13-6-5-7-14(8-13)20-26-12-16(28-20)10-24-18(22)4-2/h3-8,15-16,19-20H,1-2,9-12H2. The Bertz CT molecular complexity index is 681. The number of hydrogen-bond acceptors (Lipinski definition) is 8. The van der Waals surface area contributed by atoms with Crippen molar-refractivity contribution in [1.29, 1.82) is 0 Å².